The molecule has 6 heteroatoms. The number of aliphatic hydroxyl groups is 1. The number of carboxylic acid groups (broad SMARTS) is 1. The van der Waals surface area contributed by atoms with Crippen LogP contribution in [0.1, 0.15) is 130 Å². The third-order valence-electron chi connectivity index (χ3n) is 5.57. The number of nitrogens with zero attached hydrogens (tertiary/aromatic N) is 1. The number of carbonyl (C=O) groups excluding carboxylic acids is 1. The van der Waals surface area contributed by atoms with E-state index in [0.717, 1.165) is 19.4 Å². The van der Waals surface area contributed by atoms with E-state index in [9.17, 15) is 9.59 Å². The zero-order chi connectivity index (χ0) is 24.7. The number of aliphatic hydroxyl groups excluding tert-OH is 1. The highest BCUT2D eigenvalue weighted by Crippen LogP contribution is 2.13. The number of hydrogen-bond acceptors (Lipinski definition) is 3. The summed E-state index contributed by atoms with van der Waals surface area (Å²) in [4.78, 5) is 21.4. The first kappa shape index (κ1) is 33.0. The van der Waals surface area contributed by atoms with E-state index in [1.54, 1.807) is 0 Å². The first-order chi connectivity index (χ1) is 15.2. The van der Waals surface area contributed by atoms with Gasteiger partial charge in [0, 0.05) is 6.42 Å². The molecule has 1 unspecified atom stereocenters. The van der Waals surface area contributed by atoms with Gasteiger partial charge in [-0.05, 0) is 19.8 Å². The Kier molecular flexibility index (Phi) is 23.8. The maximum atomic E-state index is 11.9. The van der Waals surface area contributed by atoms with E-state index in [0.29, 0.717) is 11.0 Å². The van der Waals surface area contributed by atoms with Gasteiger partial charge in [-0.15, -0.1) is 0 Å². The number of aliphatic carboxylic acids is 1. The van der Waals surface area contributed by atoms with Crippen molar-refractivity contribution < 1.29 is 24.4 Å². The SMILES string of the molecule is CC(O)C(=O)O.CCCCCCCCCCCCCCCCCC(=O)N[N+](C)(C)CCC. The number of carbonyl (C=O) groups is 2. The number of carboxylic acids is 1. The molecule has 0 saturated carbocycles. The van der Waals surface area contributed by atoms with Crippen LogP contribution < -0.4 is 5.43 Å². The van der Waals surface area contributed by atoms with Gasteiger partial charge in [-0.1, -0.05) is 104 Å². The first-order valence-corrected chi connectivity index (χ1v) is 13.2. The Bertz CT molecular complexity index is 440. The molecule has 0 spiro atoms. The van der Waals surface area contributed by atoms with Crippen molar-refractivity contribution in [3.63, 3.8) is 0 Å². The Morgan fingerprint density at radius 2 is 1.06 bits per heavy atom. The van der Waals surface area contributed by atoms with Crippen molar-refractivity contribution in [2.45, 2.75) is 136 Å². The average Bonchev–Trinajstić information content (AvgIpc) is 2.70. The van der Waals surface area contributed by atoms with Gasteiger partial charge >= 0.3 is 5.97 Å². The topological polar surface area (TPSA) is 86.6 Å². The molecule has 0 aromatic rings. The molecule has 192 valence electrons. The van der Waals surface area contributed by atoms with Crippen LogP contribution in [0, 0.1) is 0 Å². The van der Waals surface area contributed by atoms with Gasteiger partial charge in [-0.3, -0.25) is 4.79 Å². The molecule has 0 aliphatic carbocycles. The molecule has 0 aliphatic rings. The zero-order valence-electron chi connectivity index (χ0n) is 22.0. The molecule has 32 heavy (non-hydrogen) atoms. The third kappa shape index (κ3) is 26.9. The molecule has 1 amide bonds. The second-order valence-electron chi connectivity index (χ2n) is 9.66. The van der Waals surface area contributed by atoms with E-state index < -0.39 is 12.1 Å². The van der Waals surface area contributed by atoms with Crippen LogP contribution in [0.5, 0.6) is 0 Å². The van der Waals surface area contributed by atoms with Crippen LogP contribution in [-0.4, -0.2) is 53.4 Å². The smallest absolute Gasteiger partial charge is 0.332 e. The van der Waals surface area contributed by atoms with Gasteiger partial charge in [-0.25, -0.2) is 14.8 Å². The lowest BCUT2D eigenvalue weighted by Crippen LogP contribution is -2.54. The molecule has 0 fully saturated rings. The summed E-state index contributed by atoms with van der Waals surface area (Å²) in [6, 6.07) is 0. The Labute approximate surface area is 198 Å². The van der Waals surface area contributed by atoms with Gasteiger partial charge in [0.1, 0.15) is 12.6 Å². The van der Waals surface area contributed by atoms with E-state index >= 15 is 0 Å². The molecule has 0 rings (SSSR count). The summed E-state index contributed by atoms with van der Waals surface area (Å²) in [6.07, 6.45) is 21.0. The second-order valence-corrected chi connectivity index (χ2v) is 9.66. The van der Waals surface area contributed by atoms with Crippen molar-refractivity contribution in [3.8, 4) is 0 Å². The summed E-state index contributed by atoms with van der Waals surface area (Å²) >= 11 is 0. The van der Waals surface area contributed by atoms with Crippen molar-refractivity contribution >= 4 is 11.9 Å². The van der Waals surface area contributed by atoms with Gasteiger partial charge in [0.25, 0.3) is 5.91 Å². The van der Waals surface area contributed by atoms with Crippen LogP contribution in [0.25, 0.3) is 0 Å². The summed E-state index contributed by atoms with van der Waals surface area (Å²) in [5, 5.41) is 15.8. The van der Waals surface area contributed by atoms with Crippen molar-refractivity contribution in [3.05, 3.63) is 0 Å². The zero-order valence-corrected chi connectivity index (χ0v) is 22.0. The largest absolute Gasteiger partial charge is 0.479 e. The Morgan fingerprint density at radius 3 is 1.38 bits per heavy atom. The van der Waals surface area contributed by atoms with E-state index in [-0.39, 0.29) is 5.91 Å². The van der Waals surface area contributed by atoms with Gasteiger partial charge in [-0.2, -0.15) is 0 Å². The average molecular weight is 460 g/mol. The van der Waals surface area contributed by atoms with Gasteiger partial charge in [0.15, 0.2) is 0 Å². The number of nitrogens with one attached hydrogen (secondary N) is 1. The summed E-state index contributed by atoms with van der Waals surface area (Å²) in [7, 11) is 4.13. The molecule has 0 bridgehead atoms. The maximum absolute atomic E-state index is 11.9. The van der Waals surface area contributed by atoms with Crippen LogP contribution in [0.3, 0.4) is 0 Å². The van der Waals surface area contributed by atoms with Gasteiger partial charge in [0.2, 0.25) is 0 Å². The lowest BCUT2D eigenvalue weighted by Gasteiger charge is -2.28. The van der Waals surface area contributed by atoms with Crippen LogP contribution in [-0.2, 0) is 9.59 Å². The summed E-state index contributed by atoms with van der Waals surface area (Å²) < 4.78 is 0.605. The minimum atomic E-state index is -1.23. The molecule has 0 saturated heterocycles. The van der Waals surface area contributed by atoms with Crippen molar-refractivity contribution in [1.82, 2.24) is 5.43 Å². The fourth-order valence-corrected chi connectivity index (χ4v) is 3.67. The maximum Gasteiger partial charge on any atom is 0.332 e. The lowest BCUT2D eigenvalue weighted by atomic mass is 10.0. The van der Waals surface area contributed by atoms with E-state index in [2.05, 4.69) is 33.4 Å². The number of hydrogen-bond donors (Lipinski definition) is 3. The molecular formula is C26H55N2O4+. The second kappa shape index (κ2) is 23.0. The molecule has 0 radical (unpaired) electrons. The number of unbranched alkanes of at least 4 members (excludes halogenated alkanes) is 14. The van der Waals surface area contributed by atoms with E-state index in [1.807, 2.05) is 0 Å². The standard InChI is InChI=1S/C23H48N2O.C3H6O3/c1-5-7-8-9-10-11-12-13-14-15-16-17-18-19-20-21-23(26)24-25(3,4)22-6-2;1-2(4)3(5)6/h5-22H2,1-4H3;2,4H,1H3,(H,5,6)/p+1. The van der Waals surface area contributed by atoms with Gasteiger partial charge < -0.3 is 10.2 Å². The highest BCUT2D eigenvalue weighted by molar-refractivity contribution is 5.74. The van der Waals surface area contributed by atoms with E-state index in [4.69, 9.17) is 10.2 Å². The van der Waals surface area contributed by atoms with E-state index in [1.165, 1.54) is 96.8 Å². The molecule has 1 atom stereocenters. The van der Waals surface area contributed by atoms with Crippen molar-refractivity contribution in [1.29, 1.82) is 0 Å². The Morgan fingerprint density at radius 1 is 0.719 bits per heavy atom. The highest BCUT2D eigenvalue weighted by Gasteiger charge is 2.16. The lowest BCUT2D eigenvalue weighted by molar-refractivity contribution is -0.925. The van der Waals surface area contributed by atoms with Crippen molar-refractivity contribution in [2.24, 2.45) is 0 Å². The Balaban J connectivity index is 0. The van der Waals surface area contributed by atoms with Gasteiger partial charge in [0.05, 0.1) is 14.1 Å². The summed E-state index contributed by atoms with van der Waals surface area (Å²) in [6.45, 7) is 6.62. The monoisotopic (exact) mass is 459 g/mol. The molecule has 0 aliphatic heterocycles. The minimum Gasteiger partial charge on any atom is -0.479 e. The molecule has 6 nitrogen and oxygen atoms in total. The van der Waals surface area contributed by atoms with Crippen molar-refractivity contribution in [2.75, 3.05) is 20.6 Å². The first-order valence-electron chi connectivity index (χ1n) is 13.2. The predicted octanol–water partition coefficient (Wildman–Crippen LogP) is 6.22. The number of rotatable bonds is 20. The predicted molar refractivity (Wildman–Crippen MR) is 134 cm³/mol. The normalized spacial score (nSPS) is 12.1. The fraction of sp³-hybridized carbons (Fsp3) is 0.923. The molecule has 3 N–H and O–H groups in total. The highest BCUT2D eigenvalue weighted by atomic mass is 16.4. The quantitative estimate of drug-likeness (QED) is 0.115. The third-order valence-corrected chi connectivity index (χ3v) is 5.57. The molecular weight excluding hydrogens is 404 g/mol. The fourth-order valence-electron chi connectivity index (χ4n) is 3.67. The Hall–Kier alpha value is -1.14. The van der Waals surface area contributed by atoms with Crippen LogP contribution in [0.15, 0.2) is 0 Å². The molecule has 0 aromatic carbocycles. The number of quaternary nitrogens is 1. The van der Waals surface area contributed by atoms with Crippen LogP contribution in [0.4, 0.5) is 0 Å². The van der Waals surface area contributed by atoms with Crippen LogP contribution >= 0.6 is 0 Å². The summed E-state index contributed by atoms with van der Waals surface area (Å²) in [5.74, 6) is -0.979. The molecule has 0 heterocycles. The summed E-state index contributed by atoms with van der Waals surface area (Å²) in [5.41, 5.74) is 3.11. The molecule has 0 aromatic heterocycles. The number of amides is 1. The van der Waals surface area contributed by atoms with Crippen LogP contribution in [0.2, 0.25) is 0 Å². The minimum absolute atomic E-state index is 0.207.